The predicted octanol–water partition coefficient (Wildman–Crippen LogP) is 3.49. The van der Waals surface area contributed by atoms with Crippen LogP contribution in [0.15, 0.2) is 42.5 Å². The number of hydrogen-bond donors (Lipinski definition) is 1. The molecule has 3 nitrogen and oxygen atoms in total. The number of nitrogens with zero attached hydrogens (tertiary/aromatic N) is 2. The van der Waals surface area contributed by atoms with Gasteiger partial charge in [0, 0.05) is 11.6 Å². The van der Waals surface area contributed by atoms with Crippen molar-refractivity contribution in [2.45, 2.75) is 19.9 Å². The Labute approximate surface area is 116 Å². The Balaban J connectivity index is 2.37. The van der Waals surface area contributed by atoms with Gasteiger partial charge in [0.25, 0.3) is 0 Å². The van der Waals surface area contributed by atoms with Gasteiger partial charge in [-0.3, -0.25) is 4.57 Å². The van der Waals surface area contributed by atoms with Crippen molar-refractivity contribution < 1.29 is 4.39 Å². The van der Waals surface area contributed by atoms with Crippen LogP contribution in [0, 0.1) is 12.7 Å². The number of aryl methyl sites for hydroxylation is 1. The minimum absolute atomic E-state index is 0.283. The minimum atomic E-state index is -0.383. The van der Waals surface area contributed by atoms with E-state index in [1.807, 2.05) is 41.8 Å². The maximum Gasteiger partial charge on any atom is 0.130 e. The standard InChI is InChI=1S/C16H16FN3/c1-10(18)16-12(17)6-5-9-15(16)20-11(2)19-13-7-3-4-8-14(13)20/h3-10H,18H2,1-2H3. The topological polar surface area (TPSA) is 43.8 Å². The zero-order valence-electron chi connectivity index (χ0n) is 11.5. The average molecular weight is 269 g/mol. The minimum Gasteiger partial charge on any atom is -0.324 e. The molecule has 0 saturated heterocycles. The van der Waals surface area contributed by atoms with E-state index in [1.165, 1.54) is 6.07 Å². The first-order valence-corrected chi connectivity index (χ1v) is 6.58. The first-order chi connectivity index (χ1) is 9.59. The molecule has 1 unspecified atom stereocenters. The van der Waals surface area contributed by atoms with E-state index in [2.05, 4.69) is 4.98 Å². The van der Waals surface area contributed by atoms with Crippen LogP contribution in [0.3, 0.4) is 0 Å². The van der Waals surface area contributed by atoms with Gasteiger partial charge in [-0.2, -0.15) is 0 Å². The van der Waals surface area contributed by atoms with E-state index in [-0.39, 0.29) is 11.9 Å². The number of aromatic nitrogens is 2. The summed E-state index contributed by atoms with van der Waals surface area (Å²) in [4.78, 5) is 4.52. The molecule has 0 amide bonds. The summed E-state index contributed by atoms with van der Waals surface area (Å²) in [5.41, 5.74) is 9.06. The fourth-order valence-electron chi connectivity index (χ4n) is 2.62. The molecule has 1 aromatic heterocycles. The van der Waals surface area contributed by atoms with Crippen molar-refractivity contribution in [3.8, 4) is 5.69 Å². The van der Waals surface area contributed by atoms with Gasteiger partial charge >= 0.3 is 0 Å². The number of para-hydroxylation sites is 2. The smallest absolute Gasteiger partial charge is 0.130 e. The van der Waals surface area contributed by atoms with E-state index in [9.17, 15) is 4.39 Å². The van der Waals surface area contributed by atoms with Gasteiger partial charge in [0.1, 0.15) is 11.6 Å². The van der Waals surface area contributed by atoms with Gasteiger partial charge in [-0.1, -0.05) is 18.2 Å². The van der Waals surface area contributed by atoms with Gasteiger partial charge in [-0.05, 0) is 38.1 Å². The van der Waals surface area contributed by atoms with Crippen LogP contribution in [-0.4, -0.2) is 9.55 Å². The Hall–Kier alpha value is -2.20. The molecule has 0 spiro atoms. The van der Waals surface area contributed by atoms with E-state index in [4.69, 9.17) is 5.73 Å². The fraction of sp³-hybridized carbons (Fsp3) is 0.188. The summed E-state index contributed by atoms with van der Waals surface area (Å²) in [6.07, 6.45) is 0. The summed E-state index contributed by atoms with van der Waals surface area (Å²) >= 11 is 0. The lowest BCUT2D eigenvalue weighted by Crippen LogP contribution is -2.12. The molecule has 0 bridgehead atoms. The maximum atomic E-state index is 14.1. The van der Waals surface area contributed by atoms with Crippen molar-refractivity contribution in [2.75, 3.05) is 0 Å². The summed E-state index contributed by atoms with van der Waals surface area (Å²) in [5, 5.41) is 0. The second-order valence-electron chi connectivity index (χ2n) is 4.94. The molecule has 1 atom stereocenters. The lowest BCUT2D eigenvalue weighted by atomic mass is 10.1. The molecule has 3 rings (SSSR count). The van der Waals surface area contributed by atoms with E-state index in [0.717, 1.165) is 22.5 Å². The molecular weight excluding hydrogens is 253 g/mol. The largest absolute Gasteiger partial charge is 0.324 e. The van der Waals surface area contributed by atoms with Crippen molar-refractivity contribution in [1.82, 2.24) is 9.55 Å². The number of imidazole rings is 1. The number of rotatable bonds is 2. The molecule has 0 aliphatic rings. The SMILES string of the molecule is Cc1nc2ccccc2n1-c1cccc(F)c1C(C)N. The van der Waals surface area contributed by atoms with Crippen LogP contribution in [0.25, 0.3) is 16.7 Å². The van der Waals surface area contributed by atoms with Crippen LogP contribution < -0.4 is 5.73 Å². The third-order valence-electron chi connectivity index (χ3n) is 3.45. The maximum absolute atomic E-state index is 14.1. The molecule has 0 saturated carbocycles. The van der Waals surface area contributed by atoms with Gasteiger partial charge in [-0.25, -0.2) is 9.37 Å². The highest BCUT2D eigenvalue weighted by atomic mass is 19.1. The van der Waals surface area contributed by atoms with Gasteiger partial charge in [0.15, 0.2) is 0 Å². The number of fused-ring (bicyclic) bond motifs is 1. The first-order valence-electron chi connectivity index (χ1n) is 6.58. The number of benzene rings is 2. The zero-order valence-corrected chi connectivity index (χ0v) is 11.5. The Morgan fingerprint density at radius 2 is 1.90 bits per heavy atom. The summed E-state index contributed by atoms with van der Waals surface area (Å²) in [6.45, 7) is 3.70. The molecule has 0 radical (unpaired) electrons. The molecule has 2 aromatic carbocycles. The third kappa shape index (κ3) is 1.89. The third-order valence-corrected chi connectivity index (χ3v) is 3.45. The van der Waals surface area contributed by atoms with Crippen LogP contribution >= 0.6 is 0 Å². The van der Waals surface area contributed by atoms with Crippen LogP contribution in [0.4, 0.5) is 4.39 Å². The lowest BCUT2D eigenvalue weighted by molar-refractivity contribution is 0.591. The summed E-state index contributed by atoms with van der Waals surface area (Å²) < 4.78 is 16.1. The van der Waals surface area contributed by atoms with Crippen LogP contribution in [-0.2, 0) is 0 Å². The molecule has 0 aliphatic heterocycles. The van der Waals surface area contributed by atoms with Crippen molar-refractivity contribution in [1.29, 1.82) is 0 Å². The van der Waals surface area contributed by atoms with Crippen LogP contribution in [0.5, 0.6) is 0 Å². The van der Waals surface area contributed by atoms with E-state index >= 15 is 0 Å². The van der Waals surface area contributed by atoms with Gasteiger partial charge in [-0.15, -0.1) is 0 Å². The monoisotopic (exact) mass is 269 g/mol. The Bertz CT molecular complexity index is 774. The molecule has 3 aromatic rings. The fourth-order valence-corrected chi connectivity index (χ4v) is 2.62. The highest BCUT2D eigenvalue weighted by Crippen LogP contribution is 2.28. The Kier molecular flexibility index (Phi) is 3.03. The summed E-state index contributed by atoms with van der Waals surface area (Å²) in [5.74, 6) is 0.536. The Morgan fingerprint density at radius 1 is 1.15 bits per heavy atom. The molecule has 102 valence electrons. The first kappa shape index (κ1) is 12.8. The van der Waals surface area contributed by atoms with Crippen LogP contribution in [0.1, 0.15) is 24.4 Å². The molecule has 0 aliphatic carbocycles. The second-order valence-corrected chi connectivity index (χ2v) is 4.94. The Morgan fingerprint density at radius 3 is 2.65 bits per heavy atom. The highest BCUT2D eigenvalue weighted by Gasteiger charge is 2.17. The van der Waals surface area contributed by atoms with Gasteiger partial charge < -0.3 is 5.73 Å². The molecule has 0 fully saturated rings. The van der Waals surface area contributed by atoms with Gasteiger partial charge in [0.2, 0.25) is 0 Å². The number of halogens is 1. The number of hydrogen-bond acceptors (Lipinski definition) is 2. The highest BCUT2D eigenvalue weighted by molar-refractivity contribution is 5.78. The predicted molar refractivity (Wildman–Crippen MR) is 78.4 cm³/mol. The van der Waals surface area contributed by atoms with Crippen molar-refractivity contribution in [2.24, 2.45) is 5.73 Å². The normalized spacial score (nSPS) is 12.8. The summed E-state index contributed by atoms with van der Waals surface area (Å²) in [6, 6.07) is 12.5. The number of nitrogens with two attached hydrogens (primary N) is 1. The zero-order chi connectivity index (χ0) is 14.3. The lowest BCUT2D eigenvalue weighted by Gasteiger charge is -2.16. The van der Waals surface area contributed by atoms with Crippen molar-refractivity contribution in [3.63, 3.8) is 0 Å². The molecule has 20 heavy (non-hydrogen) atoms. The second kappa shape index (κ2) is 4.72. The molecule has 1 heterocycles. The molecular formula is C16H16FN3. The molecule has 4 heteroatoms. The van der Waals surface area contributed by atoms with Crippen LogP contribution in [0.2, 0.25) is 0 Å². The van der Waals surface area contributed by atoms with E-state index in [0.29, 0.717) is 5.56 Å². The molecule has 2 N–H and O–H groups in total. The van der Waals surface area contributed by atoms with Gasteiger partial charge in [0.05, 0.1) is 16.7 Å². The van der Waals surface area contributed by atoms with Crippen molar-refractivity contribution in [3.05, 3.63) is 59.7 Å². The van der Waals surface area contributed by atoms with Crippen molar-refractivity contribution >= 4 is 11.0 Å². The van der Waals surface area contributed by atoms with E-state index in [1.54, 1.807) is 13.0 Å². The average Bonchev–Trinajstić information content (AvgIpc) is 2.73. The quantitative estimate of drug-likeness (QED) is 0.774. The van der Waals surface area contributed by atoms with E-state index < -0.39 is 0 Å². The summed E-state index contributed by atoms with van der Waals surface area (Å²) in [7, 11) is 0.